The average Bonchev–Trinajstić information content (AvgIpc) is 2.57. The zero-order valence-electron chi connectivity index (χ0n) is 13.5. The Morgan fingerprint density at radius 1 is 1.33 bits per heavy atom. The quantitative estimate of drug-likeness (QED) is 0.452. The van der Waals surface area contributed by atoms with Crippen LogP contribution < -0.4 is 10.9 Å². The number of nitrogens with one attached hydrogen (secondary N) is 1. The maximum absolute atomic E-state index is 12.3. The van der Waals surface area contributed by atoms with Gasteiger partial charge in [-0.2, -0.15) is 0 Å². The molecule has 1 aromatic carbocycles. The number of unbranched alkanes of at least 4 members (excludes halogenated alkanes) is 3. The molecule has 1 heterocycles. The predicted octanol–water partition coefficient (Wildman–Crippen LogP) is 2.00. The Kier molecular flexibility index (Phi) is 6.00. The minimum atomic E-state index is -0.543. The lowest BCUT2D eigenvalue weighted by Gasteiger charge is -2.08. The second-order valence-electron chi connectivity index (χ2n) is 5.55. The van der Waals surface area contributed by atoms with Gasteiger partial charge in [0.2, 0.25) is 5.91 Å². The number of carbonyl (C=O) groups excluding carboxylic acids is 1. The summed E-state index contributed by atoms with van der Waals surface area (Å²) in [5.41, 5.74) is -0.279. The van der Waals surface area contributed by atoms with Gasteiger partial charge in [0.25, 0.3) is 11.2 Å². The third-order valence-corrected chi connectivity index (χ3v) is 3.69. The maximum Gasteiger partial charge on any atom is 0.271 e. The molecule has 0 spiro atoms. The number of carbonyl (C=O) groups is 1. The average molecular weight is 332 g/mol. The third kappa shape index (κ3) is 4.37. The molecule has 0 aliphatic heterocycles. The minimum Gasteiger partial charge on any atom is -0.355 e. The summed E-state index contributed by atoms with van der Waals surface area (Å²) in [7, 11) is 0. The zero-order valence-corrected chi connectivity index (χ0v) is 13.5. The first-order chi connectivity index (χ1) is 11.5. The number of hydrogen-bond acceptors (Lipinski definition) is 5. The summed E-state index contributed by atoms with van der Waals surface area (Å²) in [6, 6.07) is 3.86. The van der Waals surface area contributed by atoms with E-state index in [4.69, 9.17) is 0 Å². The van der Waals surface area contributed by atoms with E-state index in [2.05, 4.69) is 17.2 Å². The zero-order chi connectivity index (χ0) is 17.5. The molecule has 0 aliphatic rings. The largest absolute Gasteiger partial charge is 0.355 e. The molecule has 0 fully saturated rings. The second kappa shape index (κ2) is 8.19. The number of nitro groups is 1. The smallest absolute Gasteiger partial charge is 0.271 e. The molecule has 0 saturated heterocycles. The number of benzene rings is 1. The highest BCUT2D eigenvalue weighted by Crippen LogP contribution is 2.16. The molecule has 0 radical (unpaired) electrons. The van der Waals surface area contributed by atoms with Gasteiger partial charge in [-0.15, -0.1) is 0 Å². The number of hydrogen-bond donors (Lipinski definition) is 1. The molecule has 8 heteroatoms. The van der Waals surface area contributed by atoms with Crippen LogP contribution in [-0.4, -0.2) is 26.9 Å². The normalized spacial score (nSPS) is 10.7. The molecule has 128 valence electrons. The van der Waals surface area contributed by atoms with Crippen LogP contribution >= 0.6 is 0 Å². The van der Waals surface area contributed by atoms with Crippen molar-refractivity contribution in [2.75, 3.05) is 6.54 Å². The molecule has 1 amide bonds. The number of amides is 1. The molecular weight excluding hydrogens is 312 g/mol. The molecule has 8 nitrogen and oxygen atoms in total. The van der Waals surface area contributed by atoms with Crippen molar-refractivity contribution in [2.45, 2.75) is 39.2 Å². The number of fused-ring (bicyclic) bond motifs is 1. The fourth-order valence-corrected chi connectivity index (χ4v) is 2.36. The monoisotopic (exact) mass is 332 g/mol. The molecule has 1 N–H and O–H groups in total. The van der Waals surface area contributed by atoms with Crippen LogP contribution in [0.5, 0.6) is 0 Å². The Labute approximate surface area is 138 Å². The van der Waals surface area contributed by atoms with Crippen molar-refractivity contribution in [2.24, 2.45) is 0 Å². The number of rotatable bonds is 8. The van der Waals surface area contributed by atoms with E-state index in [1.54, 1.807) is 0 Å². The second-order valence-corrected chi connectivity index (χ2v) is 5.55. The number of non-ortho nitro benzene ring substituents is 1. The number of nitro benzene ring substituents is 1. The Morgan fingerprint density at radius 2 is 2.12 bits per heavy atom. The van der Waals surface area contributed by atoms with Crippen molar-refractivity contribution in [1.29, 1.82) is 0 Å². The first kappa shape index (κ1) is 17.6. The van der Waals surface area contributed by atoms with E-state index in [0.29, 0.717) is 6.54 Å². The van der Waals surface area contributed by atoms with Crippen molar-refractivity contribution in [3.05, 3.63) is 45.0 Å². The molecule has 2 aromatic rings. The van der Waals surface area contributed by atoms with E-state index < -0.39 is 10.5 Å². The van der Waals surface area contributed by atoms with Gasteiger partial charge in [-0.25, -0.2) is 4.98 Å². The van der Waals surface area contributed by atoms with Crippen LogP contribution in [-0.2, 0) is 11.3 Å². The molecule has 24 heavy (non-hydrogen) atoms. The summed E-state index contributed by atoms with van der Waals surface area (Å²) < 4.78 is 1.20. The molecule has 0 atom stereocenters. The Hall–Kier alpha value is -2.77. The molecule has 0 bridgehead atoms. The summed E-state index contributed by atoms with van der Waals surface area (Å²) >= 11 is 0. The summed E-state index contributed by atoms with van der Waals surface area (Å²) in [6.07, 6.45) is 5.48. The van der Waals surface area contributed by atoms with Crippen LogP contribution in [0, 0.1) is 10.1 Å². The summed E-state index contributed by atoms with van der Waals surface area (Å²) in [6.45, 7) is 2.58. The lowest BCUT2D eigenvalue weighted by Crippen LogP contribution is -2.33. The Morgan fingerprint density at radius 3 is 2.83 bits per heavy atom. The Bertz CT molecular complexity index is 800. The highest BCUT2D eigenvalue weighted by atomic mass is 16.6. The lowest BCUT2D eigenvalue weighted by atomic mass is 10.2. The van der Waals surface area contributed by atoms with Crippen molar-refractivity contribution < 1.29 is 9.72 Å². The summed E-state index contributed by atoms with van der Waals surface area (Å²) in [5.74, 6) is -0.253. The van der Waals surface area contributed by atoms with Gasteiger partial charge in [0.05, 0.1) is 22.2 Å². The van der Waals surface area contributed by atoms with Gasteiger partial charge in [-0.1, -0.05) is 26.2 Å². The van der Waals surface area contributed by atoms with Gasteiger partial charge < -0.3 is 5.32 Å². The standard InChI is InChI=1S/C16H20N4O4/c1-2-3-4-5-8-17-15(21)10-19-11-18-14-9-12(20(23)24)6-7-13(14)16(19)22/h6-7,9,11H,2-5,8,10H2,1H3,(H,17,21). The van der Waals surface area contributed by atoms with E-state index in [0.717, 1.165) is 25.7 Å². The SMILES string of the molecule is CCCCCCNC(=O)Cn1cnc2cc([N+](=O)[O-])ccc2c1=O. The van der Waals surface area contributed by atoms with Crippen LogP contribution in [0.1, 0.15) is 32.6 Å². The van der Waals surface area contributed by atoms with E-state index in [1.165, 1.54) is 29.1 Å². The lowest BCUT2D eigenvalue weighted by molar-refractivity contribution is -0.384. The van der Waals surface area contributed by atoms with Crippen molar-refractivity contribution in [3.63, 3.8) is 0 Å². The summed E-state index contributed by atoms with van der Waals surface area (Å²) in [4.78, 5) is 38.5. The summed E-state index contributed by atoms with van der Waals surface area (Å²) in [5, 5.41) is 13.8. The maximum atomic E-state index is 12.3. The first-order valence-electron chi connectivity index (χ1n) is 7.93. The Balaban J connectivity index is 2.06. The van der Waals surface area contributed by atoms with Crippen LogP contribution in [0.25, 0.3) is 10.9 Å². The van der Waals surface area contributed by atoms with E-state index in [9.17, 15) is 19.7 Å². The molecule has 1 aromatic heterocycles. The van der Waals surface area contributed by atoms with Gasteiger partial charge in [-0.05, 0) is 12.5 Å². The third-order valence-electron chi connectivity index (χ3n) is 3.69. The van der Waals surface area contributed by atoms with Gasteiger partial charge in [-0.3, -0.25) is 24.3 Å². The van der Waals surface area contributed by atoms with Crippen molar-refractivity contribution in [3.8, 4) is 0 Å². The van der Waals surface area contributed by atoms with E-state index >= 15 is 0 Å². The van der Waals surface area contributed by atoms with E-state index in [-0.39, 0.29) is 29.0 Å². The number of nitrogens with zero attached hydrogens (tertiary/aromatic N) is 3. The van der Waals surface area contributed by atoms with Crippen LogP contribution in [0.15, 0.2) is 29.3 Å². The van der Waals surface area contributed by atoms with Gasteiger partial charge >= 0.3 is 0 Å². The van der Waals surface area contributed by atoms with E-state index in [1.807, 2.05) is 0 Å². The fraction of sp³-hybridized carbons (Fsp3) is 0.438. The van der Waals surface area contributed by atoms with Gasteiger partial charge in [0.1, 0.15) is 6.54 Å². The molecule has 2 rings (SSSR count). The first-order valence-corrected chi connectivity index (χ1v) is 7.93. The van der Waals surface area contributed by atoms with Crippen LogP contribution in [0.3, 0.4) is 0 Å². The van der Waals surface area contributed by atoms with Crippen LogP contribution in [0.2, 0.25) is 0 Å². The molecular formula is C16H20N4O4. The van der Waals surface area contributed by atoms with Crippen LogP contribution in [0.4, 0.5) is 5.69 Å². The topological polar surface area (TPSA) is 107 Å². The molecule has 0 unspecified atom stereocenters. The van der Waals surface area contributed by atoms with Crippen molar-refractivity contribution in [1.82, 2.24) is 14.9 Å². The number of aromatic nitrogens is 2. The molecule has 0 aliphatic carbocycles. The molecule has 0 saturated carbocycles. The van der Waals surface area contributed by atoms with Gasteiger partial charge in [0.15, 0.2) is 0 Å². The minimum absolute atomic E-state index is 0.119. The van der Waals surface area contributed by atoms with Gasteiger partial charge in [0, 0.05) is 18.7 Å². The highest BCUT2D eigenvalue weighted by Gasteiger charge is 2.11. The van der Waals surface area contributed by atoms with Crippen molar-refractivity contribution >= 4 is 22.5 Å². The highest BCUT2D eigenvalue weighted by molar-refractivity contribution is 5.80. The fourth-order valence-electron chi connectivity index (χ4n) is 2.36. The predicted molar refractivity (Wildman–Crippen MR) is 89.8 cm³/mol.